The fourth-order valence-corrected chi connectivity index (χ4v) is 1.56. The van der Waals surface area contributed by atoms with Gasteiger partial charge in [0.25, 0.3) is 0 Å². The Balaban J connectivity index is 3.04. The molecule has 74 valence electrons. The maximum atomic E-state index is 11.5. The van der Waals surface area contributed by atoms with Crippen LogP contribution in [0.15, 0.2) is 11.3 Å². The highest BCUT2D eigenvalue weighted by Crippen LogP contribution is 2.33. The van der Waals surface area contributed by atoms with E-state index < -0.39 is 11.4 Å². The van der Waals surface area contributed by atoms with Gasteiger partial charge in [-0.2, -0.15) is 0 Å². The van der Waals surface area contributed by atoms with Crippen LogP contribution in [0, 0.1) is 5.92 Å². The van der Waals surface area contributed by atoms with Gasteiger partial charge in [-0.1, -0.05) is 13.8 Å². The van der Waals surface area contributed by atoms with Crippen molar-refractivity contribution in [2.45, 2.75) is 39.2 Å². The molecule has 3 heteroatoms. The van der Waals surface area contributed by atoms with Gasteiger partial charge in [0.2, 0.25) is 5.78 Å². The fourth-order valence-electron chi connectivity index (χ4n) is 1.56. The number of carbonyl (C=O) groups excluding carboxylic acids is 1. The molecule has 0 saturated heterocycles. The zero-order valence-corrected chi connectivity index (χ0v) is 8.29. The molecule has 0 heterocycles. The van der Waals surface area contributed by atoms with Crippen LogP contribution in [0.3, 0.4) is 0 Å². The van der Waals surface area contributed by atoms with Gasteiger partial charge in [0.15, 0.2) is 5.76 Å². The Morgan fingerprint density at radius 3 is 2.46 bits per heavy atom. The highest BCUT2D eigenvalue weighted by Gasteiger charge is 2.43. The maximum absolute atomic E-state index is 11.5. The average molecular weight is 184 g/mol. The third-order valence-corrected chi connectivity index (χ3v) is 2.85. The lowest BCUT2D eigenvalue weighted by molar-refractivity contribution is -0.143. The van der Waals surface area contributed by atoms with Crippen molar-refractivity contribution in [3.05, 3.63) is 11.3 Å². The molecule has 2 N–H and O–H groups in total. The van der Waals surface area contributed by atoms with Crippen LogP contribution in [0.5, 0.6) is 0 Å². The second-order valence-corrected chi connectivity index (χ2v) is 4.04. The molecule has 0 aromatic heterocycles. The van der Waals surface area contributed by atoms with Crippen LogP contribution in [-0.4, -0.2) is 21.6 Å². The minimum absolute atomic E-state index is 0.157. The summed E-state index contributed by atoms with van der Waals surface area (Å²) in [7, 11) is 0. The Kier molecular flexibility index (Phi) is 2.48. The van der Waals surface area contributed by atoms with E-state index in [0.29, 0.717) is 18.4 Å². The molecular formula is C10H16O3. The van der Waals surface area contributed by atoms with E-state index in [9.17, 15) is 15.0 Å². The van der Waals surface area contributed by atoms with E-state index in [1.165, 1.54) is 0 Å². The number of carbonyl (C=O) groups is 1. The zero-order chi connectivity index (χ0) is 10.2. The van der Waals surface area contributed by atoms with Crippen LogP contribution in [0.2, 0.25) is 0 Å². The minimum Gasteiger partial charge on any atom is -0.504 e. The van der Waals surface area contributed by atoms with Crippen LogP contribution < -0.4 is 0 Å². The topological polar surface area (TPSA) is 57.5 Å². The van der Waals surface area contributed by atoms with Gasteiger partial charge in [-0.3, -0.25) is 4.79 Å². The van der Waals surface area contributed by atoms with Gasteiger partial charge >= 0.3 is 0 Å². The molecule has 0 aliphatic heterocycles. The van der Waals surface area contributed by atoms with Crippen molar-refractivity contribution >= 4 is 5.78 Å². The molecule has 0 bridgehead atoms. The van der Waals surface area contributed by atoms with Gasteiger partial charge in [0.1, 0.15) is 5.60 Å². The van der Waals surface area contributed by atoms with Crippen molar-refractivity contribution in [1.29, 1.82) is 0 Å². The zero-order valence-electron chi connectivity index (χ0n) is 8.29. The highest BCUT2D eigenvalue weighted by atomic mass is 16.3. The van der Waals surface area contributed by atoms with Crippen LogP contribution in [0.4, 0.5) is 0 Å². The third-order valence-electron chi connectivity index (χ3n) is 2.85. The standard InChI is InChI=1S/C10H16O3/c1-6(2)10(13)5-4-7(3)8(11)9(10)12/h6,11,13H,4-5H2,1-3H3/t10-/m1/s1. The van der Waals surface area contributed by atoms with Crippen LogP contribution >= 0.6 is 0 Å². The van der Waals surface area contributed by atoms with E-state index in [1.54, 1.807) is 20.8 Å². The molecule has 1 aliphatic carbocycles. The number of Topliss-reactive ketones (excluding diaryl/α,β-unsaturated/α-hetero) is 1. The number of hydrogen-bond donors (Lipinski definition) is 2. The minimum atomic E-state index is -1.36. The predicted octanol–water partition coefficient (Wildman–Crippen LogP) is 1.57. The maximum Gasteiger partial charge on any atom is 0.228 e. The Morgan fingerprint density at radius 1 is 1.46 bits per heavy atom. The molecule has 0 fully saturated rings. The molecule has 1 atom stereocenters. The lowest BCUT2D eigenvalue weighted by Gasteiger charge is -2.33. The van der Waals surface area contributed by atoms with Crippen LogP contribution in [0.25, 0.3) is 0 Å². The Morgan fingerprint density at radius 2 is 2.00 bits per heavy atom. The summed E-state index contributed by atoms with van der Waals surface area (Å²) in [6, 6.07) is 0. The van der Waals surface area contributed by atoms with Crippen LogP contribution in [0.1, 0.15) is 33.6 Å². The smallest absolute Gasteiger partial charge is 0.228 e. The summed E-state index contributed by atoms with van der Waals surface area (Å²) in [5, 5.41) is 19.4. The van der Waals surface area contributed by atoms with Crippen LogP contribution in [-0.2, 0) is 4.79 Å². The first-order chi connectivity index (χ1) is 5.89. The highest BCUT2D eigenvalue weighted by molar-refractivity contribution is 6.01. The molecule has 0 aromatic carbocycles. The molecule has 0 amide bonds. The first kappa shape index (κ1) is 10.3. The normalized spacial score (nSPS) is 30.1. The molecule has 1 aliphatic rings. The van der Waals surface area contributed by atoms with E-state index in [2.05, 4.69) is 0 Å². The van der Waals surface area contributed by atoms with Crippen molar-refractivity contribution in [3.63, 3.8) is 0 Å². The number of ketones is 1. The SMILES string of the molecule is CC1=C(O)C(=O)[C@](O)(C(C)C)CC1. The number of aliphatic hydroxyl groups is 2. The van der Waals surface area contributed by atoms with Gasteiger partial charge in [-0.25, -0.2) is 0 Å². The van der Waals surface area contributed by atoms with Crippen molar-refractivity contribution in [1.82, 2.24) is 0 Å². The van der Waals surface area contributed by atoms with E-state index in [4.69, 9.17) is 0 Å². The number of hydrogen-bond acceptors (Lipinski definition) is 3. The lowest BCUT2D eigenvalue weighted by Crippen LogP contribution is -2.46. The van der Waals surface area contributed by atoms with Gasteiger partial charge in [-0.15, -0.1) is 0 Å². The quantitative estimate of drug-likeness (QED) is 0.650. The summed E-state index contributed by atoms with van der Waals surface area (Å²) in [5.41, 5.74) is -0.681. The second kappa shape index (κ2) is 3.14. The van der Waals surface area contributed by atoms with E-state index in [1.807, 2.05) is 0 Å². The average Bonchev–Trinajstić information content (AvgIpc) is 2.08. The Bertz CT molecular complexity index is 265. The van der Waals surface area contributed by atoms with E-state index in [0.717, 1.165) is 0 Å². The molecule has 0 saturated carbocycles. The summed E-state index contributed by atoms with van der Waals surface area (Å²) < 4.78 is 0. The van der Waals surface area contributed by atoms with Crippen molar-refractivity contribution in [2.75, 3.05) is 0 Å². The molecule has 13 heavy (non-hydrogen) atoms. The molecule has 1 rings (SSSR count). The predicted molar refractivity (Wildman–Crippen MR) is 49.4 cm³/mol. The second-order valence-electron chi connectivity index (χ2n) is 4.04. The number of rotatable bonds is 1. The van der Waals surface area contributed by atoms with Crippen molar-refractivity contribution in [2.24, 2.45) is 5.92 Å². The van der Waals surface area contributed by atoms with Crippen molar-refractivity contribution < 1.29 is 15.0 Å². The summed E-state index contributed by atoms with van der Waals surface area (Å²) in [6.45, 7) is 5.28. The van der Waals surface area contributed by atoms with E-state index >= 15 is 0 Å². The molecular weight excluding hydrogens is 168 g/mol. The van der Waals surface area contributed by atoms with Gasteiger partial charge in [0.05, 0.1) is 0 Å². The van der Waals surface area contributed by atoms with Gasteiger partial charge in [0, 0.05) is 0 Å². The monoisotopic (exact) mass is 184 g/mol. The fraction of sp³-hybridized carbons (Fsp3) is 0.700. The molecule has 0 unspecified atom stereocenters. The van der Waals surface area contributed by atoms with Gasteiger partial charge < -0.3 is 10.2 Å². The molecule has 0 spiro atoms. The van der Waals surface area contributed by atoms with Gasteiger partial charge in [-0.05, 0) is 31.3 Å². The summed E-state index contributed by atoms with van der Waals surface area (Å²) in [4.78, 5) is 11.5. The van der Waals surface area contributed by atoms with Crippen molar-refractivity contribution in [3.8, 4) is 0 Å². The first-order valence-corrected chi connectivity index (χ1v) is 4.55. The lowest BCUT2D eigenvalue weighted by atomic mass is 9.76. The largest absolute Gasteiger partial charge is 0.504 e. The first-order valence-electron chi connectivity index (χ1n) is 4.55. The Hall–Kier alpha value is -0.830. The molecule has 0 aromatic rings. The van der Waals surface area contributed by atoms with E-state index in [-0.39, 0.29) is 11.7 Å². The third kappa shape index (κ3) is 1.48. The number of aliphatic hydroxyl groups excluding tert-OH is 1. The molecule has 3 nitrogen and oxygen atoms in total. The summed E-state index contributed by atoms with van der Waals surface area (Å²) in [6.07, 6.45) is 1.01. The summed E-state index contributed by atoms with van der Waals surface area (Å²) in [5.74, 6) is -0.927. The summed E-state index contributed by atoms with van der Waals surface area (Å²) >= 11 is 0. The Labute approximate surface area is 78.1 Å². The molecule has 0 radical (unpaired) electrons. The number of allylic oxidation sites excluding steroid dienone is 1.